The Morgan fingerprint density at radius 3 is 2.21 bits per heavy atom. The number of carbonyl (C=O) groups is 2. The minimum atomic E-state index is -0.570. The summed E-state index contributed by atoms with van der Waals surface area (Å²) in [6, 6.07) is 4.58. The van der Waals surface area contributed by atoms with Gasteiger partial charge in [0.05, 0.1) is 24.2 Å². The topological polar surface area (TPSA) is 88.5 Å². The van der Waals surface area contributed by atoms with E-state index >= 15 is 0 Å². The molecule has 1 aliphatic rings. The first-order valence-electron chi connectivity index (χ1n) is 13.3. The Morgan fingerprint density at radius 2 is 1.71 bits per heavy atom. The van der Waals surface area contributed by atoms with E-state index in [9.17, 15) is 14.0 Å². The van der Waals surface area contributed by atoms with E-state index in [0.29, 0.717) is 33.9 Å². The molecule has 0 spiro atoms. The molecule has 1 saturated carbocycles. The molecule has 0 aliphatic heterocycles. The fraction of sp³-hybridized carbons (Fsp3) is 0.567. The summed E-state index contributed by atoms with van der Waals surface area (Å²) in [6.45, 7) is 15.0. The summed E-state index contributed by atoms with van der Waals surface area (Å²) in [5.74, 6) is -0.576. The van der Waals surface area contributed by atoms with Crippen LogP contribution in [0.3, 0.4) is 0 Å². The van der Waals surface area contributed by atoms with Crippen LogP contribution in [-0.4, -0.2) is 40.7 Å². The minimum absolute atomic E-state index is 0.00573. The number of aromatic nitrogens is 1. The van der Waals surface area contributed by atoms with Crippen molar-refractivity contribution in [3.8, 4) is 11.1 Å². The van der Waals surface area contributed by atoms with Gasteiger partial charge in [-0.15, -0.1) is 0 Å². The molecule has 1 aliphatic carbocycles. The second-order valence-corrected chi connectivity index (χ2v) is 10.9. The quantitative estimate of drug-likeness (QED) is 0.392. The number of pyridine rings is 1. The highest BCUT2D eigenvalue weighted by atomic mass is 35.5. The molecule has 1 heterocycles. The second-order valence-electron chi connectivity index (χ2n) is 10.5. The van der Waals surface area contributed by atoms with E-state index < -0.39 is 17.4 Å². The Kier molecular flexibility index (Phi) is 13.4. The van der Waals surface area contributed by atoms with E-state index in [2.05, 4.69) is 17.2 Å². The number of ether oxygens (including phenoxy) is 1. The van der Waals surface area contributed by atoms with E-state index in [0.717, 1.165) is 25.7 Å². The van der Waals surface area contributed by atoms with Crippen molar-refractivity contribution in [1.82, 2.24) is 10.3 Å². The molecule has 2 aromatic rings. The van der Waals surface area contributed by atoms with Gasteiger partial charge in [0.15, 0.2) is 0 Å². The van der Waals surface area contributed by atoms with E-state index in [1.54, 1.807) is 40.7 Å². The van der Waals surface area contributed by atoms with Gasteiger partial charge in [0.1, 0.15) is 11.5 Å². The smallest absolute Gasteiger partial charge is 0.310 e. The highest BCUT2D eigenvalue weighted by Crippen LogP contribution is 2.33. The number of hydrogen-bond donors (Lipinski definition) is 2. The molecule has 212 valence electrons. The summed E-state index contributed by atoms with van der Waals surface area (Å²) in [5, 5.41) is 11.6. The van der Waals surface area contributed by atoms with Gasteiger partial charge in [0, 0.05) is 11.7 Å². The van der Waals surface area contributed by atoms with Crippen molar-refractivity contribution < 1.29 is 23.8 Å². The monoisotopic (exact) mass is 550 g/mol. The number of nitrogens with one attached hydrogen (secondary N) is 1. The Balaban J connectivity index is 0.000000924. The number of aryl methyl sites for hydroxylation is 1. The van der Waals surface area contributed by atoms with E-state index in [1.165, 1.54) is 19.2 Å². The summed E-state index contributed by atoms with van der Waals surface area (Å²) >= 11 is 5.86. The van der Waals surface area contributed by atoms with Crippen LogP contribution in [0, 0.1) is 25.6 Å². The van der Waals surface area contributed by atoms with Gasteiger partial charge in [-0.2, -0.15) is 0 Å². The summed E-state index contributed by atoms with van der Waals surface area (Å²) in [7, 11) is 1.31. The Morgan fingerprint density at radius 1 is 1.16 bits per heavy atom. The van der Waals surface area contributed by atoms with Gasteiger partial charge in [-0.25, -0.2) is 9.37 Å². The molecular formula is C30H44ClFN2O4. The lowest BCUT2D eigenvalue weighted by Gasteiger charge is -2.27. The van der Waals surface area contributed by atoms with Gasteiger partial charge in [-0.1, -0.05) is 38.4 Å². The molecule has 0 bridgehead atoms. The lowest BCUT2D eigenvalue weighted by molar-refractivity contribution is -0.139. The molecule has 1 amide bonds. The van der Waals surface area contributed by atoms with Crippen LogP contribution in [-0.2, 0) is 16.0 Å². The molecular weight excluding hydrogens is 507 g/mol. The van der Waals surface area contributed by atoms with Gasteiger partial charge < -0.3 is 15.2 Å². The van der Waals surface area contributed by atoms with Crippen LogP contribution in [0.1, 0.15) is 94.5 Å². The number of hydrogen-bond acceptors (Lipinski definition) is 5. The van der Waals surface area contributed by atoms with Crippen molar-refractivity contribution in [2.45, 2.75) is 99.1 Å². The zero-order valence-corrected chi connectivity index (χ0v) is 25.1. The summed E-state index contributed by atoms with van der Waals surface area (Å²) in [5.41, 5.74) is 2.65. The van der Waals surface area contributed by atoms with Crippen molar-refractivity contribution in [3.63, 3.8) is 0 Å². The van der Waals surface area contributed by atoms with Gasteiger partial charge >= 0.3 is 5.97 Å². The van der Waals surface area contributed by atoms with E-state index in [-0.39, 0.29) is 29.1 Å². The average molecular weight is 551 g/mol. The van der Waals surface area contributed by atoms with Crippen molar-refractivity contribution in [2.75, 3.05) is 7.11 Å². The van der Waals surface area contributed by atoms with Crippen LogP contribution in [0.4, 0.5) is 4.39 Å². The van der Waals surface area contributed by atoms with E-state index in [1.807, 2.05) is 13.8 Å². The minimum Gasteiger partial charge on any atom is -0.469 e. The Hall–Kier alpha value is -2.51. The number of aliphatic hydroxyl groups is 1. The summed E-state index contributed by atoms with van der Waals surface area (Å²) < 4.78 is 19.1. The van der Waals surface area contributed by atoms with Gasteiger partial charge in [0.2, 0.25) is 0 Å². The van der Waals surface area contributed by atoms with Crippen LogP contribution in [0.5, 0.6) is 0 Å². The number of carbonyl (C=O) groups excluding carboxylic acids is 2. The highest BCUT2D eigenvalue weighted by molar-refractivity contribution is 6.30. The Bertz CT molecular complexity index is 1080. The molecule has 0 atom stereocenters. The molecule has 6 nitrogen and oxygen atoms in total. The molecule has 0 unspecified atom stereocenters. The van der Waals surface area contributed by atoms with E-state index in [4.69, 9.17) is 21.4 Å². The first-order valence-corrected chi connectivity index (χ1v) is 13.6. The third-order valence-corrected chi connectivity index (χ3v) is 6.38. The molecule has 38 heavy (non-hydrogen) atoms. The normalized spacial score (nSPS) is 16.8. The van der Waals surface area contributed by atoms with Crippen molar-refractivity contribution in [3.05, 3.63) is 51.6 Å². The second kappa shape index (κ2) is 15.2. The number of esters is 1. The molecule has 3 rings (SSSR count). The largest absolute Gasteiger partial charge is 0.469 e. The highest BCUT2D eigenvalue weighted by Gasteiger charge is 2.25. The number of rotatable bonds is 5. The number of amides is 1. The number of benzene rings is 1. The zero-order chi connectivity index (χ0) is 29.2. The van der Waals surface area contributed by atoms with Gasteiger partial charge in [-0.05, 0) is 101 Å². The zero-order valence-electron chi connectivity index (χ0n) is 24.3. The SMILES string of the molecule is CC.CC(C)(C)O.COC(=O)Cc1c(C)nc(C(=O)NC2CCC(C)CC2)c(C)c1-c1ccc(Cl)c(F)c1. The third kappa shape index (κ3) is 10.3. The lowest BCUT2D eigenvalue weighted by Crippen LogP contribution is -2.38. The van der Waals surface area contributed by atoms with Crippen molar-refractivity contribution >= 4 is 23.5 Å². The van der Waals surface area contributed by atoms with Crippen LogP contribution in [0.2, 0.25) is 5.02 Å². The van der Waals surface area contributed by atoms with Crippen molar-refractivity contribution in [2.24, 2.45) is 5.92 Å². The number of halogens is 2. The first kappa shape index (κ1) is 33.5. The van der Waals surface area contributed by atoms with Gasteiger partial charge in [-0.3, -0.25) is 9.59 Å². The van der Waals surface area contributed by atoms with Crippen LogP contribution in [0.15, 0.2) is 18.2 Å². The molecule has 0 saturated heterocycles. The Labute approximate surface area is 232 Å². The maximum Gasteiger partial charge on any atom is 0.310 e. The standard InChI is InChI=1S/C24H28ClFN2O3.C4H10O.C2H6/c1-13-5-8-17(9-6-13)28-24(30)23-14(2)22(16-7-10-19(25)20(26)11-16)18(15(3)27-23)12-21(29)31-4;1-4(2,3)5;1-2/h7,10-11,13,17H,5-6,8-9,12H2,1-4H3,(H,28,30);5H,1-3H3;1-2H3. The average Bonchev–Trinajstić information content (AvgIpc) is 2.84. The fourth-order valence-electron chi connectivity index (χ4n) is 4.20. The molecule has 1 aromatic carbocycles. The molecule has 2 N–H and O–H groups in total. The summed E-state index contributed by atoms with van der Waals surface area (Å²) in [6.07, 6.45) is 4.03. The van der Waals surface area contributed by atoms with Crippen LogP contribution >= 0.6 is 11.6 Å². The maximum absolute atomic E-state index is 14.2. The lowest BCUT2D eigenvalue weighted by atomic mass is 9.87. The maximum atomic E-state index is 14.2. The molecule has 1 aromatic heterocycles. The number of nitrogens with zero attached hydrogens (tertiary/aromatic N) is 1. The third-order valence-electron chi connectivity index (χ3n) is 6.07. The molecule has 1 fully saturated rings. The first-order chi connectivity index (χ1) is 17.7. The predicted octanol–water partition coefficient (Wildman–Crippen LogP) is 6.99. The van der Waals surface area contributed by atoms with Crippen molar-refractivity contribution in [1.29, 1.82) is 0 Å². The molecule has 8 heteroatoms. The van der Waals surface area contributed by atoms with Crippen LogP contribution < -0.4 is 5.32 Å². The van der Waals surface area contributed by atoms with Gasteiger partial charge in [0.25, 0.3) is 5.91 Å². The predicted molar refractivity (Wildman–Crippen MR) is 152 cm³/mol. The molecule has 0 radical (unpaired) electrons. The van der Waals surface area contributed by atoms with Crippen LogP contribution in [0.25, 0.3) is 11.1 Å². The number of methoxy groups -OCH3 is 1. The summed E-state index contributed by atoms with van der Waals surface area (Å²) in [4.78, 5) is 29.7. The fourth-order valence-corrected chi connectivity index (χ4v) is 4.32.